The number of alkyl halides is 3. The smallest absolute Gasteiger partial charge is 0.352 e. The molecule has 1 saturated heterocycles. The highest BCUT2D eigenvalue weighted by atomic mass is 19.4. The zero-order valence-corrected chi connectivity index (χ0v) is 16.9. The van der Waals surface area contributed by atoms with Gasteiger partial charge in [-0.25, -0.2) is 0 Å². The Balaban J connectivity index is 1.73. The second-order valence-electron chi connectivity index (χ2n) is 7.69. The molecule has 32 heavy (non-hydrogen) atoms. The van der Waals surface area contributed by atoms with E-state index in [1.807, 2.05) is 0 Å². The molecular weight excluding hydrogens is 423 g/mol. The molecule has 2 amide bonds. The highest BCUT2D eigenvalue weighted by Gasteiger charge is 2.30. The summed E-state index contributed by atoms with van der Waals surface area (Å²) in [5.74, 6) is -0.280. The van der Waals surface area contributed by atoms with E-state index in [9.17, 15) is 27.6 Å². The summed E-state index contributed by atoms with van der Waals surface area (Å²) >= 11 is 0. The zero-order valence-electron chi connectivity index (χ0n) is 16.9. The van der Waals surface area contributed by atoms with Gasteiger partial charge in [0.1, 0.15) is 0 Å². The van der Waals surface area contributed by atoms with Crippen molar-refractivity contribution in [3.63, 3.8) is 0 Å². The van der Waals surface area contributed by atoms with Gasteiger partial charge in [-0.1, -0.05) is 24.3 Å². The van der Waals surface area contributed by atoms with Crippen molar-refractivity contribution in [3.05, 3.63) is 81.3 Å². The van der Waals surface area contributed by atoms with Gasteiger partial charge < -0.3 is 15.6 Å². The molecule has 2 aromatic rings. The van der Waals surface area contributed by atoms with Gasteiger partial charge in [-0.05, 0) is 41.8 Å². The van der Waals surface area contributed by atoms with E-state index < -0.39 is 17.3 Å². The van der Waals surface area contributed by atoms with Gasteiger partial charge >= 0.3 is 6.18 Å². The van der Waals surface area contributed by atoms with Crippen molar-refractivity contribution in [3.8, 4) is 0 Å². The van der Waals surface area contributed by atoms with E-state index in [0.29, 0.717) is 47.4 Å². The highest BCUT2D eigenvalue weighted by molar-refractivity contribution is 5.91. The van der Waals surface area contributed by atoms with Crippen LogP contribution in [0.5, 0.6) is 0 Å². The second-order valence-corrected chi connectivity index (χ2v) is 7.69. The Bertz CT molecular complexity index is 1180. The molecule has 9 heteroatoms. The molecule has 3 heterocycles. The first-order valence-corrected chi connectivity index (χ1v) is 10.1. The van der Waals surface area contributed by atoms with Crippen molar-refractivity contribution in [1.29, 1.82) is 0 Å². The van der Waals surface area contributed by atoms with Crippen LogP contribution in [-0.4, -0.2) is 29.4 Å². The quantitative estimate of drug-likeness (QED) is 0.679. The standard InChI is InChI=1S/C23H20F3N3O3/c24-23(25,26)15-3-1-13(2-4-15)18(12-16-5-8-20(30)28-16)19-7-6-17(22(32)29-19)14-9-10-27-21(31)11-14/h1-4,6-7,9,12,16H,5,8,10-11H2,(H,27,31)(H,28,30)(H,29,32)/b18-12+/t16-/m1/s1. The van der Waals surface area contributed by atoms with Crippen LogP contribution in [0.1, 0.15) is 41.6 Å². The van der Waals surface area contributed by atoms with Crippen LogP contribution >= 0.6 is 0 Å². The number of halogens is 3. The molecule has 0 saturated carbocycles. The largest absolute Gasteiger partial charge is 0.416 e. The number of rotatable bonds is 4. The van der Waals surface area contributed by atoms with Crippen LogP contribution in [0.15, 0.2) is 53.3 Å². The van der Waals surface area contributed by atoms with E-state index in [1.54, 1.807) is 24.3 Å². The number of hydrogen-bond donors (Lipinski definition) is 3. The lowest BCUT2D eigenvalue weighted by molar-refractivity contribution is -0.137. The number of pyridine rings is 1. The number of amides is 2. The van der Waals surface area contributed by atoms with Gasteiger partial charge in [0, 0.05) is 35.8 Å². The first kappa shape index (κ1) is 21.6. The summed E-state index contributed by atoms with van der Waals surface area (Å²) < 4.78 is 38.9. The Morgan fingerprint density at radius 2 is 1.75 bits per heavy atom. The summed E-state index contributed by atoms with van der Waals surface area (Å²) in [5.41, 5.74) is 1.18. The predicted molar refractivity (Wildman–Crippen MR) is 112 cm³/mol. The molecule has 6 nitrogen and oxygen atoms in total. The third-order valence-corrected chi connectivity index (χ3v) is 5.46. The van der Waals surface area contributed by atoms with Crippen LogP contribution in [-0.2, 0) is 15.8 Å². The van der Waals surface area contributed by atoms with Crippen LogP contribution in [0.3, 0.4) is 0 Å². The third kappa shape index (κ3) is 4.66. The summed E-state index contributed by atoms with van der Waals surface area (Å²) in [5, 5.41) is 5.46. The van der Waals surface area contributed by atoms with Crippen molar-refractivity contribution >= 4 is 23.0 Å². The van der Waals surface area contributed by atoms with Crippen molar-refractivity contribution < 1.29 is 22.8 Å². The van der Waals surface area contributed by atoms with E-state index in [2.05, 4.69) is 15.6 Å². The minimum absolute atomic E-state index is 0.0954. The molecule has 1 atom stereocenters. The van der Waals surface area contributed by atoms with Crippen LogP contribution in [0.25, 0.3) is 11.1 Å². The maximum Gasteiger partial charge on any atom is 0.416 e. The topological polar surface area (TPSA) is 91.1 Å². The molecule has 2 aliphatic heterocycles. The highest BCUT2D eigenvalue weighted by Crippen LogP contribution is 2.31. The van der Waals surface area contributed by atoms with Gasteiger partial charge in [0.05, 0.1) is 12.0 Å². The van der Waals surface area contributed by atoms with Crippen molar-refractivity contribution in [2.24, 2.45) is 0 Å². The Labute approximate surface area is 181 Å². The number of nitrogens with one attached hydrogen (secondary N) is 3. The number of H-pyrrole nitrogens is 1. The molecule has 0 unspecified atom stereocenters. The van der Waals surface area contributed by atoms with E-state index >= 15 is 0 Å². The fourth-order valence-electron chi connectivity index (χ4n) is 3.83. The number of aromatic amines is 1. The molecular formula is C23H20F3N3O3. The SMILES string of the molecule is O=C1CC(c2ccc(/C(=C/[C@H]3CCC(=O)N3)c3ccc(C(F)(F)F)cc3)[nH]c2=O)=CCN1. The first-order chi connectivity index (χ1) is 15.2. The van der Waals surface area contributed by atoms with Crippen molar-refractivity contribution in [2.75, 3.05) is 6.54 Å². The Morgan fingerprint density at radius 3 is 2.34 bits per heavy atom. The molecule has 166 valence electrons. The van der Waals surface area contributed by atoms with Gasteiger partial charge in [-0.3, -0.25) is 14.4 Å². The molecule has 0 spiro atoms. The molecule has 4 rings (SSSR count). The molecule has 0 radical (unpaired) electrons. The van der Waals surface area contributed by atoms with E-state index in [-0.39, 0.29) is 24.3 Å². The summed E-state index contributed by atoms with van der Waals surface area (Å²) in [7, 11) is 0. The lowest BCUT2D eigenvalue weighted by Gasteiger charge is -2.16. The molecule has 0 aliphatic carbocycles. The van der Waals surface area contributed by atoms with Crippen LogP contribution in [0.4, 0.5) is 13.2 Å². The average Bonchev–Trinajstić information content (AvgIpc) is 3.16. The maximum absolute atomic E-state index is 13.0. The third-order valence-electron chi connectivity index (χ3n) is 5.46. The normalized spacial score (nSPS) is 19.4. The lowest BCUT2D eigenvalue weighted by atomic mass is 9.96. The molecule has 0 bridgehead atoms. The van der Waals surface area contributed by atoms with Gasteiger partial charge in [0.25, 0.3) is 5.56 Å². The minimum Gasteiger partial charge on any atom is -0.352 e. The van der Waals surface area contributed by atoms with Gasteiger partial charge in [0.15, 0.2) is 0 Å². The van der Waals surface area contributed by atoms with Crippen LogP contribution in [0, 0.1) is 0 Å². The monoisotopic (exact) mass is 443 g/mol. The number of aromatic nitrogens is 1. The maximum atomic E-state index is 13.0. The zero-order chi connectivity index (χ0) is 22.9. The number of benzene rings is 1. The van der Waals surface area contributed by atoms with Gasteiger partial charge in [-0.15, -0.1) is 0 Å². The fourth-order valence-corrected chi connectivity index (χ4v) is 3.83. The van der Waals surface area contributed by atoms with Gasteiger partial charge in [-0.2, -0.15) is 13.2 Å². The van der Waals surface area contributed by atoms with Crippen LogP contribution in [0.2, 0.25) is 0 Å². The van der Waals surface area contributed by atoms with Crippen molar-refractivity contribution in [2.45, 2.75) is 31.5 Å². The minimum atomic E-state index is -4.46. The van der Waals surface area contributed by atoms with E-state index in [0.717, 1.165) is 12.1 Å². The fraction of sp³-hybridized carbons (Fsp3) is 0.261. The number of carbonyl (C=O) groups is 2. The van der Waals surface area contributed by atoms with Gasteiger partial charge in [0.2, 0.25) is 11.8 Å². The van der Waals surface area contributed by atoms with E-state index in [4.69, 9.17) is 0 Å². The number of hydrogen-bond acceptors (Lipinski definition) is 3. The summed E-state index contributed by atoms with van der Waals surface area (Å²) in [6, 6.07) is 7.60. The summed E-state index contributed by atoms with van der Waals surface area (Å²) in [6.07, 6.45) is 0.0500. The second kappa shape index (κ2) is 8.49. The summed E-state index contributed by atoms with van der Waals surface area (Å²) in [6.45, 7) is 0.341. The van der Waals surface area contributed by atoms with Crippen LogP contribution < -0.4 is 16.2 Å². The first-order valence-electron chi connectivity index (χ1n) is 10.1. The summed E-state index contributed by atoms with van der Waals surface area (Å²) in [4.78, 5) is 38.8. The van der Waals surface area contributed by atoms with E-state index in [1.165, 1.54) is 12.1 Å². The predicted octanol–water partition coefficient (Wildman–Crippen LogP) is 3.01. The molecule has 3 N–H and O–H groups in total. The lowest BCUT2D eigenvalue weighted by Crippen LogP contribution is -2.28. The Kier molecular flexibility index (Phi) is 5.73. The molecule has 1 aromatic heterocycles. The molecule has 2 aliphatic rings. The Hall–Kier alpha value is -3.62. The number of carbonyl (C=O) groups excluding carboxylic acids is 2. The van der Waals surface area contributed by atoms with Crippen molar-refractivity contribution in [1.82, 2.24) is 15.6 Å². The Morgan fingerprint density at radius 1 is 1.00 bits per heavy atom. The average molecular weight is 443 g/mol. The molecule has 1 aromatic carbocycles. The molecule has 1 fully saturated rings.